The highest BCUT2D eigenvalue weighted by atomic mass is 32.2. The van der Waals surface area contributed by atoms with Gasteiger partial charge in [0, 0.05) is 7.05 Å². The Bertz CT molecular complexity index is 623. The van der Waals surface area contributed by atoms with E-state index in [0.717, 1.165) is 32.1 Å². The molecule has 1 aromatic rings. The molecule has 1 aromatic heterocycles. The van der Waals surface area contributed by atoms with E-state index in [2.05, 4.69) is 21.6 Å². The molecule has 0 radical (unpaired) electrons. The van der Waals surface area contributed by atoms with Crippen LogP contribution < -0.4 is 0 Å². The second kappa shape index (κ2) is 7.09. The summed E-state index contributed by atoms with van der Waals surface area (Å²) < 4.78 is 1.72. The van der Waals surface area contributed by atoms with Crippen LogP contribution in [-0.4, -0.2) is 48.9 Å². The van der Waals surface area contributed by atoms with E-state index in [-0.39, 0.29) is 16.7 Å². The summed E-state index contributed by atoms with van der Waals surface area (Å²) in [5.41, 5.74) is -0.919. The molecule has 1 aliphatic carbocycles. The van der Waals surface area contributed by atoms with Gasteiger partial charge in [-0.15, -0.1) is 5.10 Å². The van der Waals surface area contributed by atoms with Crippen molar-refractivity contribution in [2.75, 3.05) is 7.05 Å². The molecule has 0 bridgehead atoms. The molecule has 0 saturated heterocycles. The van der Waals surface area contributed by atoms with E-state index >= 15 is 0 Å². The van der Waals surface area contributed by atoms with Crippen molar-refractivity contribution in [3.63, 3.8) is 0 Å². The summed E-state index contributed by atoms with van der Waals surface area (Å²) in [6, 6.07) is 2.40. The first-order valence-electron chi connectivity index (χ1n) is 8.36. The zero-order valence-corrected chi connectivity index (χ0v) is 15.9. The number of amides is 1. The maximum atomic E-state index is 12.9. The second-order valence-corrected chi connectivity index (χ2v) is 8.71. The van der Waals surface area contributed by atoms with Crippen molar-refractivity contribution in [3.05, 3.63) is 0 Å². The molecule has 1 atom stereocenters. The fourth-order valence-electron chi connectivity index (χ4n) is 3.02. The van der Waals surface area contributed by atoms with Gasteiger partial charge >= 0.3 is 0 Å². The Morgan fingerprint density at radius 1 is 1.38 bits per heavy atom. The van der Waals surface area contributed by atoms with Gasteiger partial charge in [-0.3, -0.25) is 4.79 Å². The number of aromatic nitrogens is 4. The Kier molecular flexibility index (Phi) is 5.53. The lowest BCUT2D eigenvalue weighted by Crippen LogP contribution is -2.52. The molecule has 0 aliphatic heterocycles. The third-order valence-electron chi connectivity index (χ3n) is 4.57. The maximum Gasteiger partial charge on any atom is 0.236 e. The van der Waals surface area contributed by atoms with Crippen molar-refractivity contribution in [1.82, 2.24) is 25.1 Å². The number of hydrogen-bond donors (Lipinski definition) is 0. The van der Waals surface area contributed by atoms with Crippen LogP contribution in [0, 0.1) is 11.3 Å². The van der Waals surface area contributed by atoms with Gasteiger partial charge in [-0.05, 0) is 51.0 Å². The summed E-state index contributed by atoms with van der Waals surface area (Å²) >= 11 is 1.34. The molecule has 0 spiro atoms. The van der Waals surface area contributed by atoms with Crippen LogP contribution in [0.15, 0.2) is 5.16 Å². The molecular weight excluding hydrogens is 324 g/mol. The van der Waals surface area contributed by atoms with Crippen LogP contribution in [0.3, 0.4) is 0 Å². The minimum atomic E-state index is -0.667. The van der Waals surface area contributed by atoms with Crippen LogP contribution in [0.5, 0.6) is 0 Å². The van der Waals surface area contributed by atoms with E-state index in [1.807, 2.05) is 27.7 Å². The number of carbonyl (C=O) groups is 1. The Morgan fingerprint density at radius 2 is 2.00 bits per heavy atom. The van der Waals surface area contributed by atoms with Gasteiger partial charge in [0.15, 0.2) is 0 Å². The smallest absolute Gasteiger partial charge is 0.236 e. The Morgan fingerprint density at radius 3 is 2.54 bits per heavy atom. The topological polar surface area (TPSA) is 87.7 Å². The highest BCUT2D eigenvalue weighted by Crippen LogP contribution is 2.34. The molecule has 1 amide bonds. The average molecular weight is 350 g/mol. The van der Waals surface area contributed by atoms with E-state index in [0.29, 0.717) is 5.16 Å². The summed E-state index contributed by atoms with van der Waals surface area (Å²) in [6.45, 7) is 7.88. The fraction of sp³-hybridized carbons (Fsp3) is 0.812. The van der Waals surface area contributed by atoms with E-state index in [4.69, 9.17) is 0 Å². The highest BCUT2D eigenvalue weighted by Gasteiger charge is 2.40. The third kappa shape index (κ3) is 3.72. The number of tetrazole rings is 1. The van der Waals surface area contributed by atoms with Crippen LogP contribution in [0.25, 0.3) is 0 Å². The summed E-state index contributed by atoms with van der Waals surface area (Å²) in [6.07, 6.45) is 4.63. The first-order valence-corrected chi connectivity index (χ1v) is 9.24. The van der Waals surface area contributed by atoms with Gasteiger partial charge in [0.2, 0.25) is 11.1 Å². The molecule has 2 rings (SSSR count). The summed E-state index contributed by atoms with van der Waals surface area (Å²) in [5.74, 6) is -0.0492. The normalized spacial score (nSPS) is 18.7. The Balaban J connectivity index is 2.12. The van der Waals surface area contributed by atoms with Gasteiger partial charge in [-0.2, -0.15) is 5.26 Å². The standard InChI is InChI=1S/C16H26N6OS/c1-12(24-14-18-19-20-22(14)15(2,3)4)13(23)21(5)16(11-17)9-7-6-8-10-16/h12H,6-10H2,1-5H3/t12-/m1/s1. The molecule has 1 aliphatic rings. The quantitative estimate of drug-likeness (QED) is 0.776. The highest BCUT2D eigenvalue weighted by molar-refractivity contribution is 8.00. The number of rotatable bonds is 4. The molecule has 1 heterocycles. The monoisotopic (exact) mass is 350 g/mol. The zero-order chi connectivity index (χ0) is 18.0. The van der Waals surface area contributed by atoms with Crippen molar-refractivity contribution in [2.24, 2.45) is 0 Å². The van der Waals surface area contributed by atoms with Crippen molar-refractivity contribution in [3.8, 4) is 6.07 Å². The summed E-state index contributed by atoms with van der Waals surface area (Å²) in [4.78, 5) is 14.5. The van der Waals surface area contributed by atoms with Crippen LogP contribution in [0.1, 0.15) is 59.8 Å². The lowest BCUT2D eigenvalue weighted by atomic mass is 9.81. The fourth-order valence-corrected chi connectivity index (χ4v) is 4.09. The molecule has 1 saturated carbocycles. The van der Waals surface area contributed by atoms with Crippen LogP contribution >= 0.6 is 11.8 Å². The SMILES string of the molecule is C[C@@H](Sc1nnnn1C(C)(C)C)C(=O)N(C)C1(C#N)CCCCC1. The molecule has 0 unspecified atom stereocenters. The minimum absolute atomic E-state index is 0.0492. The average Bonchev–Trinajstić information content (AvgIpc) is 3.02. The van der Waals surface area contributed by atoms with Crippen molar-refractivity contribution in [1.29, 1.82) is 5.26 Å². The van der Waals surface area contributed by atoms with Gasteiger partial charge < -0.3 is 4.90 Å². The van der Waals surface area contributed by atoms with Gasteiger partial charge in [0.05, 0.1) is 16.9 Å². The van der Waals surface area contributed by atoms with E-state index in [1.165, 1.54) is 11.8 Å². The molecule has 7 nitrogen and oxygen atoms in total. The van der Waals surface area contributed by atoms with E-state index in [9.17, 15) is 10.1 Å². The minimum Gasteiger partial charge on any atom is -0.326 e. The molecule has 1 fully saturated rings. The van der Waals surface area contributed by atoms with Crippen LogP contribution in [0.2, 0.25) is 0 Å². The number of nitriles is 1. The first kappa shape index (κ1) is 18.7. The molecule has 0 aromatic carbocycles. The van der Waals surface area contributed by atoms with Crippen LogP contribution in [0.4, 0.5) is 0 Å². The molecule has 24 heavy (non-hydrogen) atoms. The largest absolute Gasteiger partial charge is 0.326 e. The van der Waals surface area contributed by atoms with Gasteiger partial charge in [-0.1, -0.05) is 31.0 Å². The molecular formula is C16H26N6OS. The lowest BCUT2D eigenvalue weighted by molar-refractivity contribution is -0.133. The predicted octanol–water partition coefficient (Wildman–Crippen LogP) is 2.59. The van der Waals surface area contributed by atoms with Gasteiger partial charge in [0.25, 0.3) is 0 Å². The number of hydrogen-bond acceptors (Lipinski definition) is 6. The van der Waals surface area contributed by atoms with E-state index < -0.39 is 5.54 Å². The Labute approximate surface area is 147 Å². The van der Waals surface area contributed by atoms with Gasteiger partial charge in [-0.25, -0.2) is 4.68 Å². The number of nitrogens with zero attached hydrogens (tertiary/aromatic N) is 6. The number of carbonyl (C=O) groups excluding carboxylic acids is 1. The molecule has 8 heteroatoms. The van der Waals surface area contributed by atoms with Gasteiger partial charge in [0.1, 0.15) is 5.54 Å². The lowest BCUT2D eigenvalue weighted by Gasteiger charge is -2.40. The molecule has 132 valence electrons. The maximum absolute atomic E-state index is 12.9. The van der Waals surface area contributed by atoms with Crippen LogP contribution in [-0.2, 0) is 10.3 Å². The van der Waals surface area contributed by atoms with E-state index in [1.54, 1.807) is 16.6 Å². The van der Waals surface area contributed by atoms with Crippen molar-refractivity contribution >= 4 is 17.7 Å². The molecule has 0 N–H and O–H groups in total. The number of thioether (sulfide) groups is 1. The van der Waals surface area contributed by atoms with Crippen molar-refractivity contribution in [2.45, 2.75) is 81.3 Å². The Hall–Kier alpha value is -1.62. The van der Waals surface area contributed by atoms with Crippen molar-refractivity contribution < 1.29 is 4.79 Å². The third-order valence-corrected chi connectivity index (χ3v) is 5.59. The zero-order valence-electron chi connectivity index (χ0n) is 15.1. The summed E-state index contributed by atoms with van der Waals surface area (Å²) in [5, 5.41) is 21.7. The first-order chi connectivity index (χ1) is 11.2. The predicted molar refractivity (Wildman–Crippen MR) is 92.3 cm³/mol. The second-order valence-electron chi connectivity index (χ2n) is 7.41. The summed E-state index contributed by atoms with van der Waals surface area (Å²) in [7, 11) is 1.75.